The zero-order chi connectivity index (χ0) is 28.7. The van der Waals surface area contributed by atoms with E-state index in [4.69, 9.17) is 9.47 Å². The molecule has 0 aliphatic heterocycles. The first-order valence-electron chi connectivity index (χ1n) is 13.7. The zero-order valence-electron chi connectivity index (χ0n) is 23.2. The van der Waals surface area contributed by atoms with Crippen LogP contribution in [-0.4, -0.2) is 48.9 Å². The lowest BCUT2D eigenvalue weighted by atomic mass is 10.0. The molecule has 10 nitrogen and oxygen atoms in total. The van der Waals surface area contributed by atoms with E-state index in [0.29, 0.717) is 19.3 Å². The van der Waals surface area contributed by atoms with Crippen LogP contribution >= 0.6 is 0 Å². The minimum atomic E-state index is -3.17. The van der Waals surface area contributed by atoms with Crippen molar-refractivity contribution in [1.29, 1.82) is 0 Å². The number of amides is 2. The minimum absolute atomic E-state index is 0.107. The van der Waals surface area contributed by atoms with Gasteiger partial charge in [-0.1, -0.05) is 0 Å². The Bertz CT molecular complexity index is 1410. The van der Waals surface area contributed by atoms with E-state index in [0.717, 1.165) is 37.3 Å². The van der Waals surface area contributed by atoms with E-state index in [9.17, 15) is 13.8 Å². The highest BCUT2D eigenvalue weighted by molar-refractivity contribution is 7.94. The van der Waals surface area contributed by atoms with Crippen molar-refractivity contribution >= 4 is 33.6 Å². The van der Waals surface area contributed by atoms with Crippen LogP contribution in [0.15, 0.2) is 39.9 Å². The number of carbonyl (C=O) groups excluding carboxylic acids is 2. The molecule has 40 heavy (non-hydrogen) atoms. The Morgan fingerprint density at radius 1 is 1.12 bits per heavy atom. The van der Waals surface area contributed by atoms with E-state index in [1.165, 1.54) is 12.1 Å². The quantitative estimate of drug-likeness (QED) is 0.400. The fourth-order valence-electron chi connectivity index (χ4n) is 4.70. The van der Waals surface area contributed by atoms with Gasteiger partial charge in [0.2, 0.25) is 5.95 Å². The third kappa shape index (κ3) is 6.89. The van der Waals surface area contributed by atoms with Crippen molar-refractivity contribution in [2.45, 2.75) is 106 Å². The lowest BCUT2D eigenvalue weighted by molar-refractivity contribution is 0.0607. The van der Waals surface area contributed by atoms with Crippen molar-refractivity contribution in [2.24, 2.45) is 4.36 Å². The number of benzene rings is 1. The molecule has 0 bridgehead atoms. The molecule has 3 atom stereocenters. The Balaban J connectivity index is 1.21. The molecule has 0 saturated heterocycles. The van der Waals surface area contributed by atoms with Gasteiger partial charge in [0.15, 0.2) is 0 Å². The van der Waals surface area contributed by atoms with Gasteiger partial charge < -0.3 is 20.1 Å². The van der Waals surface area contributed by atoms with Gasteiger partial charge in [-0.15, -0.1) is 4.36 Å². The molecule has 216 valence electrons. The van der Waals surface area contributed by atoms with Crippen LogP contribution in [0.3, 0.4) is 0 Å². The van der Waals surface area contributed by atoms with Crippen LogP contribution in [0.1, 0.15) is 84.1 Å². The lowest BCUT2D eigenvalue weighted by Gasteiger charge is -2.18. The SMILES string of the molecule is CC1(NC(=O)O[C@@H]2CC[C@H](c3cnc(Nc4ccc([S@@](=O)(=NC(=O)OC(C)(C)C)C5CC5)cc4F)nc3)C2)CC1. The number of rotatable bonds is 7. The summed E-state index contributed by atoms with van der Waals surface area (Å²) in [4.78, 5) is 33.2. The standard InChI is InChI=1S/C28H36FN5O5S/c1-27(2,3)39-26(36)34-40(37,20-7-8-20)21-9-10-23(22(29)14-21)32-24-30-15-18(16-31-24)17-5-6-19(13-17)38-25(35)33-28(4)11-12-28/h9-10,14-17,19-20H,5-8,11-13H2,1-4H3,(H,33,35)(H,30,31,32)/t17-,19+,40+/m0/s1. The number of nitrogens with one attached hydrogen (secondary N) is 2. The van der Waals surface area contributed by atoms with Gasteiger partial charge in [0.05, 0.1) is 20.3 Å². The molecular formula is C28H36FN5O5S. The number of carbonyl (C=O) groups is 2. The summed E-state index contributed by atoms with van der Waals surface area (Å²) in [5, 5.41) is 5.46. The third-order valence-corrected chi connectivity index (χ3v) is 10.0. The maximum Gasteiger partial charge on any atom is 0.442 e. The smallest absolute Gasteiger partial charge is 0.442 e. The molecule has 0 radical (unpaired) electrons. The molecule has 5 rings (SSSR count). The average Bonchev–Trinajstić information content (AvgIpc) is 3.79. The van der Waals surface area contributed by atoms with Crippen molar-refractivity contribution in [3.05, 3.63) is 42.0 Å². The summed E-state index contributed by atoms with van der Waals surface area (Å²) >= 11 is 0. The number of hydrogen-bond donors (Lipinski definition) is 2. The van der Waals surface area contributed by atoms with E-state index >= 15 is 4.39 Å². The van der Waals surface area contributed by atoms with Gasteiger partial charge in [-0.3, -0.25) is 0 Å². The molecule has 3 aliphatic carbocycles. The second-order valence-electron chi connectivity index (χ2n) is 12.2. The first-order chi connectivity index (χ1) is 18.8. The maximum atomic E-state index is 15.1. The topological polar surface area (TPSA) is 132 Å². The Labute approximate surface area is 234 Å². The fourth-order valence-corrected chi connectivity index (χ4v) is 6.91. The molecule has 2 amide bonds. The molecule has 3 fully saturated rings. The highest BCUT2D eigenvalue weighted by atomic mass is 32.2. The maximum absolute atomic E-state index is 15.1. The van der Waals surface area contributed by atoms with E-state index in [1.807, 2.05) is 6.92 Å². The molecule has 0 unspecified atom stereocenters. The van der Waals surface area contributed by atoms with Crippen LogP contribution in [-0.2, 0) is 19.2 Å². The molecule has 2 aromatic rings. The highest BCUT2D eigenvalue weighted by Crippen LogP contribution is 2.38. The van der Waals surface area contributed by atoms with Gasteiger partial charge >= 0.3 is 12.2 Å². The zero-order valence-corrected chi connectivity index (χ0v) is 24.1. The van der Waals surface area contributed by atoms with Crippen LogP contribution in [0.5, 0.6) is 0 Å². The van der Waals surface area contributed by atoms with E-state index in [-0.39, 0.29) is 45.4 Å². The summed E-state index contributed by atoms with van der Waals surface area (Å²) in [6, 6.07) is 4.09. The predicted molar refractivity (Wildman–Crippen MR) is 147 cm³/mol. The molecule has 3 saturated carbocycles. The van der Waals surface area contributed by atoms with Crippen molar-refractivity contribution in [2.75, 3.05) is 5.32 Å². The number of alkyl carbamates (subject to hydrolysis) is 1. The normalized spacial score (nSPS) is 23.0. The van der Waals surface area contributed by atoms with Gasteiger partial charge in [-0.2, -0.15) is 0 Å². The van der Waals surface area contributed by atoms with Crippen molar-refractivity contribution in [3.63, 3.8) is 0 Å². The molecule has 1 aromatic carbocycles. The van der Waals surface area contributed by atoms with Crippen LogP contribution in [0.25, 0.3) is 0 Å². The van der Waals surface area contributed by atoms with Crippen LogP contribution in [0.2, 0.25) is 0 Å². The first-order valence-corrected chi connectivity index (χ1v) is 15.3. The molecule has 1 heterocycles. The van der Waals surface area contributed by atoms with Crippen molar-refractivity contribution in [1.82, 2.24) is 15.3 Å². The van der Waals surface area contributed by atoms with Gasteiger partial charge in [0.1, 0.15) is 17.5 Å². The number of nitrogens with zero attached hydrogens (tertiary/aromatic N) is 3. The summed E-state index contributed by atoms with van der Waals surface area (Å²) in [7, 11) is -3.17. The largest absolute Gasteiger partial charge is 0.446 e. The Hall–Kier alpha value is -3.28. The third-order valence-electron chi connectivity index (χ3n) is 7.31. The highest BCUT2D eigenvalue weighted by Gasteiger charge is 2.40. The van der Waals surface area contributed by atoms with E-state index < -0.39 is 27.2 Å². The lowest BCUT2D eigenvalue weighted by Crippen LogP contribution is -2.36. The van der Waals surface area contributed by atoms with E-state index in [1.54, 1.807) is 33.2 Å². The summed E-state index contributed by atoms with van der Waals surface area (Å²) < 4.78 is 43.5. The van der Waals surface area contributed by atoms with Crippen LogP contribution in [0, 0.1) is 5.82 Å². The second kappa shape index (κ2) is 10.6. The number of ether oxygens (including phenoxy) is 2. The molecule has 0 spiro atoms. The predicted octanol–water partition coefficient (Wildman–Crippen LogP) is 6.20. The van der Waals surface area contributed by atoms with Crippen molar-refractivity contribution in [3.8, 4) is 0 Å². The van der Waals surface area contributed by atoms with Crippen molar-refractivity contribution < 1.29 is 27.7 Å². The van der Waals surface area contributed by atoms with E-state index in [2.05, 4.69) is 25.0 Å². The van der Waals surface area contributed by atoms with Gasteiger partial charge in [-0.25, -0.2) is 28.2 Å². The molecule has 12 heteroatoms. The minimum Gasteiger partial charge on any atom is -0.446 e. The molecular weight excluding hydrogens is 537 g/mol. The van der Waals surface area contributed by atoms with Gasteiger partial charge in [-0.05, 0) is 102 Å². The molecule has 2 N–H and O–H groups in total. The van der Waals surface area contributed by atoms with Gasteiger partial charge in [0, 0.05) is 23.2 Å². The number of anilines is 2. The number of aromatic nitrogens is 2. The summed E-state index contributed by atoms with van der Waals surface area (Å²) in [5.74, 6) is -0.282. The van der Waals surface area contributed by atoms with Crippen LogP contribution in [0.4, 0.5) is 25.6 Å². The second-order valence-corrected chi connectivity index (χ2v) is 14.6. The average molecular weight is 574 g/mol. The first kappa shape index (κ1) is 28.3. The fraction of sp³-hybridized carbons (Fsp3) is 0.571. The summed E-state index contributed by atoms with van der Waals surface area (Å²) in [6.45, 7) is 7.10. The number of halogens is 1. The Morgan fingerprint density at radius 2 is 1.82 bits per heavy atom. The van der Waals surface area contributed by atoms with Gasteiger partial charge in [0.25, 0.3) is 0 Å². The molecule has 1 aromatic heterocycles. The Morgan fingerprint density at radius 3 is 2.42 bits per heavy atom. The molecule has 3 aliphatic rings. The Kier molecular flexibility index (Phi) is 7.49. The number of hydrogen-bond acceptors (Lipinski definition) is 8. The monoisotopic (exact) mass is 573 g/mol. The summed E-state index contributed by atoms with van der Waals surface area (Å²) in [5.41, 5.74) is 0.139. The summed E-state index contributed by atoms with van der Waals surface area (Å²) in [6.07, 6.45) is 7.54. The van der Waals surface area contributed by atoms with Crippen LogP contribution < -0.4 is 10.6 Å².